The van der Waals surface area contributed by atoms with Crippen molar-refractivity contribution >= 4 is 17.7 Å². The fourth-order valence-corrected chi connectivity index (χ4v) is 2.68. The maximum absolute atomic E-state index is 11.2. The molecule has 1 fully saturated rings. The average Bonchev–Trinajstić information content (AvgIpc) is 2.26. The van der Waals surface area contributed by atoms with Crippen LogP contribution in [-0.2, 0) is 4.79 Å². The molecule has 0 aromatic rings. The summed E-state index contributed by atoms with van der Waals surface area (Å²) in [5, 5.41) is 9.23. The molecule has 1 N–H and O–H groups in total. The molecule has 0 radical (unpaired) electrons. The first-order valence-electron chi connectivity index (χ1n) is 5.93. The lowest BCUT2D eigenvalue weighted by molar-refractivity contribution is -0.151. The Morgan fingerprint density at radius 3 is 2.81 bits per heavy atom. The monoisotopic (exact) mass is 245 g/mol. The number of piperidine rings is 1. The van der Waals surface area contributed by atoms with Crippen molar-refractivity contribution in [2.75, 3.05) is 31.6 Å². The van der Waals surface area contributed by atoms with Gasteiger partial charge in [0, 0.05) is 18.8 Å². The molecule has 0 aromatic heterocycles. The first kappa shape index (κ1) is 13.8. The van der Waals surface area contributed by atoms with Crippen LogP contribution in [0.25, 0.3) is 0 Å². The van der Waals surface area contributed by atoms with Crippen molar-refractivity contribution in [3.63, 3.8) is 0 Å². The molecule has 0 saturated carbocycles. The van der Waals surface area contributed by atoms with Gasteiger partial charge in [-0.2, -0.15) is 11.8 Å². The minimum Gasteiger partial charge on any atom is -0.481 e. The Kier molecular flexibility index (Phi) is 5.12. The van der Waals surface area contributed by atoms with E-state index in [4.69, 9.17) is 0 Å². The van der Waals surface area contributed by atoms with Crippen LogP contribution in [-0.4, -0.2) is 47.6 Å². The molecule has 0 aliphatic carbocycles. The summed E-state index contributed by atoms with van der Waals surface area (Å²) in [5.74, 6) is 0.769. The second kappa shape index (κ2) is 5.92. The van der Waals surface area contributed by atoms with Crippen LogP contribution in [0.1, 0.15) is 26.7 Å². The van der Waals surface area contributed by atoms with Gasteiger partial charge >= 0.3 is 5.97 Å². The summed E-state index contributed by atoms with van der Waals surface area (Å²) in [6, 6.07) is 0. The minimum atomic E-state index is -0.663. The predicted octanol–water partition coefficient (Wildman–Crippen LogP) is 2.17. The third-order valence-corrected chi connectivity index (χ3v) is 4.28. The minimum absolute atomic E-state index is 0.292. The first-order valence-corrected chi connectivity index (χ1v) is 7.32. The molecule has 4 heteroatoms. The van der Waals surface area contributed by atoms with E-state index < -0.39 is 11.4 Å². The van der Waals surface area contributed by atoms with Crippen LogP contribution in [0.5, 0.6) is 0 Å². The molecule has 1 saturated heterocycles. The number of thioether (sulfide) groups is 1. The Hall–Kier alpha value is -0.220. The quantitative estimate of drug-likeness (QED) is 0.806. The van der Waals surface area contributed by atoms with Gasteiger partial charge in [0.15, 0.2) is 0 Å². The average molecular weight is 245 g/mol. The molecular formula is C12H23NO2S. The molecule has 1 atom stereocenters. The fraction of sp³-hybridized carbons (Fsp3) is 0.917. The lowest BCUT2D eigenvalue weighted by Crippen LogP contribution is -2.45. The summed E-state index contributed by atoms with van der Waals surface area (Å²) in [5.41, 5.74) is -0.585. The van der Waals surface area contributed by atoms with Crippen molar-refractivity contribution in [1.82, 2.24) is 4.90 Å². The van der Waals surface area contributed by atoms with Gasteiger partial charge in [-0.3, -0.25) is 4.79 Å². The van der Waals surface area contributed by atoms with Crippen LogP contribution < -0.4 is 0 Å². The zero-order valence-corrected chi connectivity index (χ0v) is 11.3. The lowest BCUT2D eigenvalue weighted by atomic mass is 9.74. The van der Waals surface area contributed by atoms with Crippen molar-refractivity contribution in [3.05, 3.63) is 0 Å². The number of aliphatic carboxylic acids is 1. The summed E-state index contributed by atoms with van der Waals surface area (Å²) < 4.78 is 0. The van der Waals surface area contributed by atoms with Gasteiger partial charge in [0.05, 0.1) is 5.41 Å². The molecule has 1 aliphatic rings. The molecule has 0 amide bonds. The number of carbonyl (C=O) groups is 1. The molecule has 16 heavy (non-hydrogen) atoms. The third-order valence-electron chi connectivity index (χ3n) is 3.69. The summed E-state index contributed by atoms with van der Waals surface area (Å²) in [6.45, 7) is 6.89. The van der Waals surface area contributed by atoms with Gasteiger partial charge in [-0.25, -0.2) is 0 Å². The summed E-state index contributed by atoms with van der Waals surface area (Å²) in [4.78, 5) is 13.6. The van der Waals surface area contributed by atoms with Gasteiger partial charge < -0.3 is 10.0 Å². The maximum atomic E-state index is 11.2. The van der Waals surface area contributed by atoms with Crippen molar-refractivity contribution < 1.29 is 9.90 Å². The molecule has 1 aliphatic heterocycles. The van der Waals surface area contributed by atoms with Gasteiger partial charge in [-0.15, -0.1) is 0 Å². The molecule has 94 valence electrons. The smallest absolute Gasteiger partial charge is 0.309 e. The normalized spacial score (nSPS) is 23.3. The highest BCUT2D eigenvalue weighted by atomic mass is 32.2. The second-order valence-corrected chi connectivity index (χ2v) is 6.14. The van der Waals surface area contributed by atoms with Crippen LogP contribution in [0.2, 0.25) is 0 Å². The van der Waals surface area contributed by atoms with Crippen LogP contribution in [0, 0.1) is 11.3 Å². The Morgan fingerprint density at radius 2 is 2.25 bits per heavy atom. The summed E-state index contributed by atoms with van der Waals surface area (Å²) >= 11 is 1.85. The van der Waals surface area contributed by atoms with E-state index in [1.165, 1.54) is 0 Å². The van der Waals surface area contributed by atoms with Gasteiger partial charge in [-0.1, -0.05) is 0 Å². The number of carboxylic acid groups (broad SMARTS) is 1. The Morgan fingerprint density at radius 1 is 1.56 bits per heavy atom. The van der Waals surface area contributed by atoms with Gasteiger partial charge in [0.25, 0.3) is 0 Å². The third kappa shape index (κ3) is 3.39. The Labute approximate surface area is 103 Å². The second-order valence-electron chi connectivity index (χ2n) is 5.16. The van der Waals surface area contributed by atoms with Gasteiger partial charge in [0.1, 0.15) is 0 Å². The van der Waals surface area contributed by atoms with Crippen LogP contribution in [0.4, 0.5) is 0 Å². The number of hydrogen-bond donors (Lipinski definition) is 1. The largest absolute Gasteiger partial charge is 0.481 e. The molecule has 0 spiro atoms. The van der Waals surface area contributed by atoms with Crippen molar-refractivity contribution in [2.45, 2.75) is 26.7 Å². The summed E-state index contributed by atoms with van der Waals surface area (Å²) in [6.07, 6.45) is 4.30. The van der Waals surface area contributed by atoms with E-state index in [0.29, 0.717) is 5.92 Å². The highest BCUT2D eigenvalue weighted by molar-refractivity contribution is 7.98. The van der Waals surface area contributed by atoms with E-state index in [1.807, 2.05) is 25.6 Å². The fourth-order valence-electron chi connectivity index (χ4n) is 2.24. The molecule has 0 bridgehead atoms. The van der Waals surface area contributed by atoms with Crippen LogP contribution in [0.15, 0.2) is 0 Å². The van der Waals surface area contributed by atoms with Crippen molar-refractivity contribution in [3.8, 4) is 0 Å². The van der Waals surface area contributed by atoms with E-state index >= 15 is 0 Å². The zero-order chi connectivity index (χ0) is 12.2. The molecule has 1 heterocycles. The highest BCUT2D eigenvalue weighted by Crippen LogP contribution is 2.34. The number of rotatable bonds is 5. The molecular weight excluding hydrogens is 222 g/mol. The SMILES string of the molecule is CSCCN1CCCC(C(C)(C)C(=O)O)C1. The van der Waals surface area contributed by atoms with Crippen molar-refractivity contribution in [1.29, 1.82) is 0 Å². The Balaban J connectivity index is 2.53. The van der Waals surface area contributed by atoms with E-state index in [-0.39, 0.29) is 0 Å². The van der Waals surface area contributed by atoms with E-state index in [0.717, 1.165) is 38.2 Å². The summed E-state index contributed by atoms with van der Waals surface area (Å²) in [7, 11) is 0. The van der Waals surface area contributed by atoms with E-state index in [1.54, 1.807) is 0 Å². The molecule has 1 unspecified atom stereocenters. The van der Waals surface area contributed by atoms with Crippen LogP contribution >= 0.6 is 11.8 Å². The molecule has 0 aromatic carbocycles. The molecule has 1 rings (SSSR count). The number of hydrogen-bond acceptors (Lipinski definition) is 3. The van der Waals surface area contributed by atoms with Gasteiger partial charge in [0.2, 0.25) is 0 Å². The maximum Gasteiger partial charge on any atom is 0.309 e. The number of nitrogens with zero attached hydrogens (tertiary/aromatic N) is 1. The lowest BCUT2D eigenvalue weighted by Gasteiger charge is -2.39. The van der Waals surface area contributed by atoms with E-state index in [2.05, 4.69) is 11.2 Å². The standard InChI is InChI=1S/C12H23NO2S/c1-12(2,11(14)15)10-5-4-6-13(9-10)7-8-16-3/h10H,4-9H2,1-3H3,(H,14,15). The topological polar surface area (TPSA) is 40.5 Å². The van der Waals surface area contributed by atoms with Crippen molar-refractivity contribution in [2.24, 2.45) is 11.3 Å². The number of carboxylic acids is 1. The Bertz CT molecular complexity index is 243. The number of likely N-dealkylation sites (tertiary alicyclic amines) is 1. The van der Waals surface area contributed by atoms with Crippen LogP contribution in [0.3, 0.4) is 0 Å². The first-order chi connectivity index (χ1) is 7.48. The van der Waals surface area contributed by atoms with Gasteiger partial charge in [-0.05, 0) is 45.4 Å². The van der Waals surface area contributed by atoms with E-state index in [9.17, 15) is 9.90 Å². The highest BCUT2D eigenvalue weighted by Gasteiger charge is 2.38. The zero-order valence-electron chi connectivity index (χ0n) is 10.5. The predicted molar refractivity (Wildman–Crippen MR) is 69.0 cm³/mol. The molecule has 3 nitrogen and oxygen atoms in total.